The summed E-state index contributed by atoms with van der Waals surface area (Å²) in [6.07, 6.45) is 21.2. The summed E-state index contributed by atoms with van der Waals surface area (Å²) in [7, 11) is 0. The van der Waals surface area contributed by atoms with Gasteiger partial charge in [0, 0.05) is 0 Å². The molecule has 5 aliphatic rings. The molecule has 2 nitrogen and oxygen atoms in total. The fourth-order valence-corrected chi connectivity index (χ4v) is 7.15. The highest BCUT2D eigenvalue weighted by Crippen LogP contribution is 2.60. The number of fused-ring (bicyclic) bond motifs is 6. The van der Waals surface area contributed by atoms with Crippen molar-refractivity contribution >= 4 is 5.91 Å². The van der Waals surface area contributed by atoms with E-state index >= 15 is 0 Å². The van der Waals surface area contributed by atoms with Gasteiger partial charge in [-0.05, 0) is 93.5 Å². The number of rotatable bonds is 1. The number of hydrogen-bond donors (Lipinski definition) is 1. The molecule has 25 heavy (non-hydrogen) atoms. The summed E-state index contributed by atoms with van der Waals surface area (Å²) in [5.74, 6) is 2.34. The quantitative estimate of drug-likeness (QED) is 0.668. The first-order chi connectivity index (χ1) is 12.2. The van der Waals surface area contributed by atoms with E-state index in [1.54, 1.807) is 11.1 Å². The molecule has 0 heterocycles. The Hall–Kier alpha value is -1.31. The van der Waals surface area contributed by atoms with E-state index in [2.05, 4.69) is 18.2 Å². The minimum absolute atomic E-state index is 0.0820. The van der Waals surface area contributed by atoms with Crippen molar-refractivity contribution in [1.29, 1.82) is 0 Å². The van der Waals surface area contributed by atoms with Crippen LogP contribution in [0.1, 0.15) is 70.6 Å². The number of allylic oxidation sites excluding steroid dienone is 4. The molecule has 2 fully saturated rings. The van der Waals surface area contributed by atoms with E-state index in [1.807, 2.05) is 0 Å². The average Bonchev–Trinajstić information content (AvgIpc) is 2.66. The number of carbonyl (C=O) groups excluding carboxylic acids is 1. The van der Waals surface area contributed by atoms with Gasteiger partial charge in [-0.2, -0.15) is 0 Å². The molecular weight excluding hydrogens is 306 g/mol. The Bertz CT molecular complexity index is 684. The second-order valence-electron chi connectivity index (χ2n) is 9.14. The van der Waals surface area contributed by atoms with E-state index in [0.29, 0.717) is 17.8 Å². The van der Waals surface area contributed by atoms with Gasteiger partial charge < -0.3 is 5.73 Å². The van der Waals surface area contributed by atoms with E-state index < -0.39 is 5.41 Å². The predicted molar refractivity (Wildman–Crippen MR) is 101 cm³/mol. The third kappa shape index (κ3) is 2.18. The van der Waals surface area contributed by atoms with Crippen LogP contribution in [0.25, 0.3) is 0 Å². The van der Waals surface area contributed by atoms with Gasteiger partial charge in [-0.25, -0.2) is 0 Å². The van der Waals surface area contributed by atoms with Gasteiger partial charge in [0.25, 0.3) is 0 Å². The summed E-state index contributed by atoms with van der Waals surface area (Å²) in [4.78, 5) is 12.8. The minimum atomic E-state index is -0.473. The molecule has 5 aliphatic carbocycles. The summed E-state index contributed by atoms with van der Waals surface area (Å²) in [5.41, 5.74) is 10.4. The molecule has 2 saturated carbocycles. The first kappa shape index (κ1) is 15.9. The van der Waals surface area contributed by atoms with Gasteiger partial charge in [-0.15, -0.1) is 0 Å². The zero-order valence-corrected chi connectivity index (χ0v) is 15.3. The van der Waals surface area contributed by atoms with Crippen molar-refractivity contribution in [3.05, 3.63) is 34.9 Å². The van der Waals surface area contributed by atoms with E-state index in [9.17, 15) is 4.79 Å². The smallest absolute Gasteiger partial charge is 0.231 e. The second kappa shape index (κ2) is 5.86. The van der Waals surface area contributed by atoms with E-state index in [4.69, 9.17) is 5.73 Å². The summed E-state index contributed by atoms with van der Waals surface area (Å²) in [6.45, 7) is 0. The van der Waals surface area contributed by atoms with Crippen molar-refractivity contribution in [1.82, 2.24) is 0 Å². The second-order valence-corrected chi connectivity index (χ2v) is 9.14. The molecule has 0 bridgehead atoms. The Labute approximate surface area is 151 Å². The minimum Gasteiger partial charge on any atom is -0.369 e. The van der Waals surface area contributed by atoms with Crippen LogP contribution in [-0.4, -0.2) is 5.91 Å². The average molecular weight is 338 g/mol. The highest BCUT2D eigenvalue weighted by Gasteiger charge is 2.55. The van der Waals surface area contributed by atoms with Crippen LogP contribution in [0.5, 0.6) is 0 Å². The highest BCUT2D eigenvalue weighted by atomic mass is 16.1. The molecule has 0 aliphatic heterocycles. The molecule has 5 atom stereocenters. The maximum absolute atomic E-state index is 12.8. The SMILES string of the molecule is NC(=O)C12C=CC3=C4CCCCC4CCC3C1CCC1CCCC=C12. The molecule has 0 saturated heterocycles. The summed E-state index contributed by atoms with van der Waals surface area (Å²) < 4.78 is 0. The lowest BCUT2D eigenvalue weighted by atomic mass is 9.49. The fraction of sp³-hybridized carbons (Fsp3) is 0.696. The number of nitrogens with two attached hydrogens (primary N) is 1. The van der Waals surface area contributed by atoms with Crippen LogP contribution in [0.15, 0.2) is 34.9 Å². The molecule has 134 valence electrons. The lowest BCUT2D eigenvalue weighted by Gasteiger charge is -2.54. The van der Waals surface area contributed by atoms with Crippen LogP contribution in [-0.2, 0) is 4.79 Å². The Balaban J connectivity index is 1.64. The number of amides is 1. The number of hydrogen-bond acceptors (Lipinski definition) is 1. The number of primary amides is 1. The molecule has 0 aromatic rings. The topological polar surface area (TPSA) is 43.1 Å². The van der Waals surface area contributed by atoms with E-state index in [0.717, 1.165) is 12.3 Å². The standard InChI is InChI=1S/C23H31NO/c24-22(25)23-14-13-18-17-7-3-1-5-15(17)9-11-19(18)21(23)12-10-16-6-2-4-8-20(16)23/h8,13-16,19,21H,1-7,9-12H2,(H2,24,25). The number of carbonyl (C=O) groups is 1. The molecule has 5 unspecified atom stereocenters. The first-order valence-corrected chi connectivity index (χ1v) is 10.6. The normalized spacial score (nSPS) is 42.6. The molecule has 0 aromatic heterocycles. The Morgan fingerprint density at radius 1 is 1.00 bits per heavy atom. The van der Waals surface area contributed by atoms with Crippen molar-refractivity contribution in [2.24, 2.45) is 34.8 Å². The van der Waals surface area contributed by atoms with Crippen molar-refractivity contribution in [3.8, 4) is 0 Å². The van der Waals surface area contributed by atoms with Gasteiger partial charge in [0.05, 0.1) is 5.41 Å². The van der Waals surface area contributed by atoms with Crippen LogP contribution in [0, 0.1) is 29.1 Å². The van der Waals surface area contributed by atoms with E-state index in [-0.39, 0.29) is 5.91 Å². The van der Waals surface area contributed by atoms with Crippen molar-refractivity contribution in [2.45, 2.75) is 70.6 Å². The molecule has 0 radical (unpaired) electrons. The molecule has 5 rings (SSSR count). The van der Waals surface area contributed by atoms with Gasteiger partial charge in [0.2, 0.25) is 5.91 Å². The maximum atomic E-state index is 12.8. The van der Waals surface area contributed by atoms with Gasteiger partial charge in [0.15, 0.2) is 0 Å². The maximum Gasteiger partial charge on any atom is 0.231 e. The first-order valence-electron chi connectivity index (χ1n) is 10.6. The molecule has 2 heteroatoms. The molecular formula is C23H31NO. The van der Waals surface area contributed by atoms with Crippen LogP contribution < -0.4 is 5.73 Å². The Morgan fingerprint density at radius 2 is 1.84 bits per heavy atom. The van der Waals surface area contributed by atoms with Gasteiger partial charge >= 0.3 is 0 Å². The predicted octanol–water partition coefficient (Wildman–Crippen LogP) is 5.06. The fourth-order valence-electron chi connectivity index (χ4n) is 7.15. The lowest BCUT2D eigenvalue weighted by Crippen LogP contribution is -2.53. The van der Waals surface area contributed by atoms with Gasteiger partial charge in [-0.1, -0.05) is 35.8 Å². The monoisotopic (exact) mass is 337 g/mol. The third-order valence-electron chi connectivity index (χ3n) is 8.21. The Kier molecular flexibility index (Phi) is 3.73. The third-order valence-corrected chi connectivity index (χ3v) is 8.21. The molecule has 0 spiro atoms. The van der Waals surface area contributed by atoms with Crippen LogP contribution >= 0.6 is 0 Å². The zero-order valence-electron chi connectivity index (χ0n) is 15.3. The zero-order chi connectivity index (χ0) is 17.0. The Morgan fingerprint density at radius 3 is 2.72 bits per heavy atom. The van der Waals surface area contributed by atoms with Crippen molar-refractivity contribution in [2.75, 3.05) is 0 Å². The summed E-state index contributed by atoms with van der Waals surface area (Å²) in [5, 5.41) is 0. The van der Waals surface area contributed by atoms with Crippen molar-refractivity contribution < 1.29 is 4.79 Å². The van der Waals surface area contributed by atoms with E-state index in [1.165, 1.54) is 69.8 Å². The molecule has 1 amide bonds. The lowest BCUT2D eigenvalue weighted by molar-refractivity contribution is -0.128. The molecule has 0 aromatic carbocycles. The van der Waals surface area contributed by atoms with Crippen LogP contribution in [0.4, 0.5) is 0 Å². The largest absolute Gasteiger partial charge is 0.369 e. The van der Waals surface area contributed by atoms with Gasteiger partial charge in [-0.3, -0.25) is 4.79 Å². The molecule has 2 N–H and O–H groups in total. The van der Waals surface area contributed by atoms with Gasteiger partial charge in [0.1, 0.15) is 0 Å². The van der Waals surface area contributed by atoms with Crippen LogP contribution in [0.3, 0.4) is 0 Å². The summed E-state index contributed by atoms with van der Waals surface area (Å²) >= 11 is 0. The van der Waals surface area contributed by atoms with Crippen molar-refractivity contribution in [3.63, 3.8) is 0 Å². The summed E-state index contributed by atoms with van der Waals surface area (Å²) in [6, 6.07) is 0. The highest BCUT2D eigenvalue weighted by molar-refractivity contribution is 5.88. The van der Waals surface area contributed by atoms with Crippen LogP contribution in [0.2, 0.25) is 0 Å².